The molecule has 6 heteroatoms. The van der Waals surface area contributed by atoms with Crippen molar-refractivity contribution in [1.82, 2.24) is 9.55 Å². The molecule has 21 heavy (non-hydrogen) atoms. The third-order valence-electron chi connectivity index (χ3n) is 3.21. The highest BCUT2D eigenvalue weighted by Gasteiger charge is 2.16. The summed E-state index contributed by atoms with van der Waals surface area (Å²) in [6.45, 7) is 0. The van der Waals surface area contributed by atoms with E-state index in [2.05, 4.69) is 4.98 Å². The van der Waals surface area contributed by atoms with Crippen LogP contribution in [0.15, 0.2) is 36.4 Å². The lowest BCUT2D eigenvalue weighted by Gasteiger charge is -2.12. The van der Waals surface area contributed by atoms with E-state index in [0.29, 0.717) is 22.6 Å². The quantitative estimate of drug-likeness (QED) is 0.660. The molecule has 0 unspecified atom stereocenters. The minimum atomic E-state index is -0.499. The fraction of sp³-hybridized carbons (Fsp3) is 0.133. The number of rotatable bonds is 3. The Morgan fingerprint density at radius 2 is 2.05 bits per heavy atom. The monoisotopic (exact) mass is 324 g/mol. The molecule has 3 rings (SSSR count). The molecule has 2 aromatic carbocycles. The number of para-hydroxylation sites is 2. The lowest BCUT2D eigenvalue weighted by atomic mass is 10.2. The summed E-state index contributed by atoms with van der Waals surface area (Å²) in [7, 11) is 1.58. The standard InChI is InChI=1S/C15H11Cl2FN2O/c1-21-14-5-3-2-4-12(14)20-13-7-10(18)9(17)6-11(13)19-15(20)8-16/h2-7H,8H2,1H3. The first-order chi connectivity index (χ1) is 10.2. The largest absolute Gasteiger partial charge is 0.495 e. The fourth-order valence-electron chi connectivity index (χ4n) is 2.30. The third kappa shape index (κ3) is 2.34. The Hall–Kier alpha value is -1.78. The van der Waals surface area contributed by atoms with E-state index in [1.807, 2.05) is 24.3 Å². The van der Waals surface area contributed by atoms with Crippen LogP contribution >= 0.6 is 23.2 Å². The van der Waals surface area contributed by atoms with E-state index in [4.69, 9.17) is 27.9 Å². The molecule has 0 saturated heterocycles. The average Bonchev–Trinajstić information content (AvgIpc) is 2.85. The van der Waals surface area contributed by atoms with Gasteiger partial charge in [-0.2, -0.15) is 0 Å². The Labute approximate surface area is 130 Å². The van der Waals surface area contributed by atoms with E-state index in [9.17, 15) is 4.39 Å². The summed E-state index contributed by atoms with van der Waals surface area (Å²) >= 11 is 11.8. The van der Waals surface area contributed by atoms with E-state index in [1.54, 1.807) is 11.7 Å². The second-order valence-electron chi connectivity index (χ2n) is 4.42. The van der Waals surface area contributed by atoms with Gasteiger partial charge in [-0.05, 0) is 18.2 Å². The lowest BCUT2D eigenvalue weighted by molar-refractivity contribution is 0.413. The second-order valence-corrected chi connectivity index (χ2v) is 5.10. The number of alkyl halides is 1. The lowest BCUT2D eigenvalue weighted by Crippen LogP contribution is -2.02. The number of nitrogens with zero attached hydrogens (tertiary/aromatic N) is 2. The van der Waals surface area contributed by atoms with E-state index < -0.39 is 5.82 Å². The van der Waals surface area contributed by atoms with E-state index in [0.717, 1.165) is 5.69 Å². The van der Waals surface area contributed by atoms with Crippen LogP contribution in [-0.2, 0) is 5.88 Å². The molecule has 0 aliphatic rings. The normalized spacial score (nSPS) is 11.0. The minimum Gasteiger partial charge on any atom is -0.495 e. The highest BCUT2D eigenvalue weighted by molar-refractivity contribution is 6.31. The second kappa shape index (κ2) is 5.54. The topological polar surface area (TPSA) is 27.1 Å². The SMILES string of the molecule is COc1ccccc1-n1c(CCl)nc2cc(Cl)c(F)cc21. The fourth-order valence-corrected chi connectivity index (χ4v) is 2.63. The number of imidazole rings is 1. The van der Waals surface area contributed by atoms with Crippen molar-refractivity contribution in [1.29, 1.82) is 0 Å². The van der Waals surface area contributed by atoms with Crippen molar-refractivity contribution in [3.05, 3.63) is 53.1 Å². The van der Waals surface area contributed by atoms with Crippen LogP contribution < -0.4 is 4.74 Å². The first kappa shape index (κ1) is 14.2. The maximum absolute atomic E-state index is 13.8. The summed E-state index contributed by atoms with van der Waals surface area (Å²) in [5.74, 6) is 0.934. The van der Waals surface area contributed by atoms with Gasteiger partial charge in [0.15, 0.2) is 0 Å². The summed E-state index contributed by atoms with van der Waals surface area (Å²) in [6, 6.07) is 10.3. The smallest absolute Gasteiger partial charge is 0.144 e. The molecule has 3 aromatic rings. The van der Waals surface area contributed by atoms with Crippen LogP contribution in [0.25, 0.3) is 16.7 Å². The zero-order valence-corrected chi connectivity index (χ0v) is 12.6. The maximum Gasteiger partial charge on any atom is 0.144 e. The van der Waals surface area contributed by atoms with Gasteiger partial charge in [0.05, 0.1) is 34.7 Å². The van der Waals surface area contributed by atoms with Gasteiger partial charge < -0.3 is 4.74 Å². The number of methoxy groups -OCH3 is 1. The molecule has 0 fully saturated rings. The molecular weight excluding hydrogens is 314 g/mol. The number of fused-ring (bicyclic) bond motifs is 1. The van der Waals surface area contributed by atoms with Gasteiger partial charge >= 0.3 is 0 Å². The van der Waals surface area contributed by atoms with Crippen molar-refractivity contribution in [2.75, 3.05) is 7.11 Å². The highest BCUT2D eigenvalue weighted by Crippen LogP contribution is 2.31. The summed E-state index contributed by atoms with van der Waals surface area (Å²) in [4.78, 5) is 4.41. The molecule has 108 valence electrons. The number of hydrogen-bond acceptors (Lipinski definition) is 2. The molecule has 1 aromatic heterocycles. The molecule has 0 spiro atoms. The van der Waals surface area contributed by atoms with Crippen molar-refractivity contribution < 1.29 is 9.13 Å². The van der Waals surface area contributed by atoms with Crippen LogP contribution in [0.5, 0.6) is 5.75 Å². The van der Waals surface area contributed by atoms with Gasteiger partial charge in [0.25, 0.3) is 0 Å². The first-order valence-corrected chi connectivity index (χ1v) is 7.12. The molecule has 0 saturated carbocycles. The zero-order chi connectivity index (χ0) is 15.0. The number of benzene rings is 2. The summed E-state index contributed by atoms with van der Waals surface area (Å²) in [5.41, 5.74) is 1.93. The van der Waals surface area contributed by atoms with Gasteiger partial charge in [-0.15, -0.1) is 11.6 Å². The molecule has 0 aliphatic carbocycles. The van der Waals surface area contributed by atoms with Gasteiger partial charge in [0.1, 0.15) is 17.4 Å². The first-order valence-electron chi connectivity index (χ1n) is 6.21. The Morgan fingerprint density at radius 1 is 1.29 bits per heavy atom. The van der Waals surface area contributed by atoms with Gasteiger partial charge in [0, 0.05) is 6.07 Å². The Bertz CT molecular complexity index is 817. The molecule has 1 heterocycles. The molecule has 0 amide bonds. The van der Waals surface area contributed by atoms with Crippen LogP contribution in [0.1, 0.15) is 5.82 Å². The zero-order valence-electron chi connectivity index (χ0n) is 11.1. The Morgan fingerprint density at radius 3 is 2.76 bits per heavy atom. The van der Waals surface area contributed by atoms with Gasteiger partial charge in [-0.1, -0.05) is 23.7 Å². The highest BCUT2D eigenvalue weighted by atomic mass is 35.5. The number of hydrogen-bond donors (Lipinski definition) is 0. The minimum absolute atomic E-state index is 0.0355. The summed E-state index contributed by atoms with van der Waals surface area (Å²) in [5, 5.41) is 0.0355. The molecule has 3 nitrogen and oxygen atoms in total. The van der Waals surface area contributed by atoms with Crippen molar-refractivity contribution in [2.24, 2.45) is 0 Å². The van der Waals surface area contributed by atoms with Crippen LogP contribution in [-0.4, -0.2) is 16.7 Å². The summed E-state index contributed by atoms with van der Waals surface area (Å²) in [6.07, 6.45) is 0. The molecule has 0 bridgehead atoms. The van der Waals surface area contributed by atoms with E-state index in [-0.39, 0.29) is 10.9 Å². The van der Waals surface area contributed by atoms with E-state index in [1.165, 1.54) is 12.1 Å². The van der Waals surface area contributed by atoms with Crippen molar-refractivity contribution in [3.8, 4) is 11.4 Å². The maximum atomic E-state index is 13.8. The molecule has 0 radical (unpaired) electrons. The Balaban J connectivity index is 2.37. The van der Waals surface area contributed by atoms with Crippen LogP contribution in [0.3, 0.4) is 0 Å². The number of ether oxygens (including phenoxy) is 1. The van der Waals surface area contributed by atoms with Gasteiger partial charge in [-0.3, -0.25) is 4.57 Å². The van der Waals surface area contributed by atoms with Gasteiger partial charge in [0.2, 0.25) is 0 Å². The predicted molar refractivity (Wildman–Crippen MR) is 82.1 cm³/mol. The van der Waals surface area contributed by atoms with Crippen molar-refractivity contribution >= 4 is 34.2 Å². The molecule has 0 N–H and O–H groups in total. The predicted octanol–water partition coefficient (Wildman–Crippen LogP) is 4.57. The van der Waals surface area contributed by atoms with E-state index >= 15 is 0 Å². The molecule has 0 aliphatic heterocycles. The number of halogens is 3. The van der Waals surface area contributed by atoms with Crippen LogP contribution in [0.2, 0.25) is 5.02 Å². The number of aromatic nitrogens is 2. The third-order valence-corrected chi connectivity index (χ3v) is 3.74. The van der Waals surface area contributed by atoms with Crippen LogP contribution in [0.4, 0.5) is 4.39 Å². The molecular formula is C15H11Cl2FN2O. The summed E-state index contributed by atoms with van der Waals surface area (Å²) < 4.78 is 20.9. The van der Waals surface area contributed by atoms with Crippen LogP contribution in [0, 0.1) is 5.82 Å². The van der Waals surface area contributed by atoms with Crippen molar-refractivity contribution in [2.45, 2.75) is 5.88 Å². The van der Waals surface area contributed by atoms with Crippen molar-refractivity contribution in [3.63, 3.8) is 0 Å². The average molecular weight is 325 g/mol. The Kier molecular flexibility index (Phi) is 3.74. The molecule has 0 atom stereocenters. The van der Waals surface area contributed by atoms with Gasteiger partial charge in [-0.25, -0.2) is 9.37 Å².